The maximum absolute atomic E-state index is 13.3. The zero-order valence-electron chi connectivity index (χ0n) is 22.7. The standard InChI is InChI=1S/C30H27Cl2N3O5S2/c1-34(2)13-14-40-25-10-6-19(20-5-9-23(31)24(32)16-20)15-21(25)17-26-28(37)35(30(41)42-26)12-11-27(36)33-22-7-3-18(4-8-22)29(38)39/h3-10,15-17H,11-14H2,1-2H3,(H,33,36)(H,38,39)/b26-17-. The summed E-state index contributed by atoms with van der Waals surface area (Å²) in [5.41, 5.74) is 2.99. The topological polar surface area (TPSA) is 99.2 Å². The number of hydrogen-bond acceptors (Lipinski definition) is 7. The van der Waals surface area contributed by atoms with Crippen molar-refractivity contribution in [3.8, 4) is 16.9 Å². The van der Waals surface area contributed by atoms with Crippen LogP contribution in [0.5, 0.6) is 5.75 Å². The van der Waals surface area contributed by atoms with E-state index in [1.807, 2.05) is 43.3 Å². The molecule has 42 heavy (non-hydrogen) atoms. The van der Waals surface area contributed by atoms with E-state index in [9.17, 15) is 14.4 Å². The molecule has 0 bridgehead atoms. The number of carbonyl (C=O) groups is 3. The third kappa shape index (κ3) is 8.11. The van der Waals surface area contributed by atoms with Crippen molar-refractivity contribution in [2.75, 3.05) is 39.1 Å². The average molecular weight is 645 g/mol. The molecule has 2 N–H and O–H groups in total. The van der Waals surface area contributed by atoms with Crippen molar-refractivity contribution in [2.45, 2.75) is 6.42 Å². The Morgan fingerprint density at radius 2 is 1.74 bits per heavy atom. The van der Waals surface area contributed by atoms with E-state index in [1.54, 1.807) is 18.2 Å². The van der Waals surface area contributed by atoms with Crippen LogP contribution in [0.1, 0.15) is 22.3 Å². The van der Waals surface area contributed by atoms with Crippen LogP contribution in [-0.4, -0.2) is 70.8 Å². The number of carboxylic acid groups (broad SMARTS) is 1. The van der Waals surface area contributed by atoms with E-state index in [1.165, 1.54) is 29.2 Å². The summed E-state index contributed by atoms with van der Waals surface area (Å²) in [5, 5.41) is 12.6. The van der Waals surface area contributed by atoms with Crippen LogP contribution in [0, 0.1) is 0 Å². The van der Waals surface area contributed by atoms with Gasteiger partial charge in [-0.25, -0.2) is 4.79 Å². The summed E-state index contributed by atoms with van der Waals surface area (Å²) in [5.74, 6) is -1.08. The molecule has 4 rings (SSSR count). The number of hydrogen-bond donors (Lipinski definition) is 2. The molecule has 0 saturated carbocycles. The Morgan fingerprint density at radius 1 is 1.05 bits per heavy atom. The summed E-state index contributed by atoms with van der Waals surface area (Å²) in [6, 6.07) is 16.9. The lowest BCUT2D eigenvalue weighted by atomic mass is 10.0. The van der Waals surface area contributed by atoms with Gasteiger partial charge in [-0.1, -0.05) is 59.3 Å². The summed E-state index contributed by atoms with van der Waals surface area (Å²) in [7, 11) is 3.91. The molecule has 3 aromatic rings. The van der Waals surface area contributed by atoms with Gasteiger partial charge >= 0.3 is 5.97 Å². The number of likely N-dealkylation sites (N-methyl/N-ethyl adjacent to an activating group) is 1. The molecular weight excluding hydrogens is 617 g/mol. The first kappa shape index (κ1) is 31.5. The van der Waals surface area contributed by atoms with Crippen molar-refractivity contribution in [2.24, 2.45) is 0 Å². The predicted molar refractivity (Wildman–Crippen MR) is 172 cm³/mol. The van der Waals surface area contributed by atoms with Crippen LogP contribution in [0.3, 0.4) is 0 Å². The lowest BCUT2D eigenvalue weighted by Crippen LogP contribution is -2.31. The van der Waals surface area contributed by atoms with Crippen LogP contribution >= 0.6 is 47.2 Å². The minimum atomic E-state index is -1.05. The minimum absolute atomic E-state index is 0.00606. The summed E-state index contributed by atoms with van der Waals surface area (Å²) in [6.45, 7) is 1.26. The number of halogens is 2. The predicted octanol–water partition coefficient (Wildman–Crippen LogP) is 6.53. The fourth-order valence-electron chi connectivity index (χ4n) is 3.95. The van der Waals surface area contributed by atoms with Crippen LogP contribution in [-0.2, 0) is 9.59 Å². The first-order valence-corrected chi connectivity index (χ1v) is 14.8. The van der Waals surface area contributed by atoms with Crippen molar-refractivity contribution in [1.29, 1.82) is 0 Å². The second-order valence-electron chi connectivity index (χ2n) is 9.55. The second kappa shape index (κ2) is 14.2. The fourth-order valence-corrected chi connectivity index (χ4v) is 5.55. The van der Waals surface area contributed by atoms with Gasteiger partial charge in [0.1, 0.15) is 16.7 Å². The number of rotatable bonds is 11. The largest absolute Gasteiger partial charge is 0.492 e. The highest BCUT2D eigenvalue weighted by molar-refractivity contribution is 8.26. The summed E-state index contributed by atoms with van der Waals surface area (Å²) >= 11 is 19.0. The van der Waals surface area contributed by atoms with Crippen molar-refractivity contribution >= 4 is 81.0 Å². The van der Waals surface area contributed by atoms with E-state index in [0.717, 1.165) is 22.9 Å². The summed E-state index contributed by atoms with van der Waals surface area (Å²) in [6.07, 6.45) is 1.75. The summed E-state index contributed by atoms with van der Waals surface area (Å²) < 4.78 is 6.40. The van der Waals surface area contributed by atoms with Gasteiger partial charge in [0.2, 0.25) is 5.91 Å². The molecule has 1 saturated heterocycles. The van der Waals surface area contributed by atoms with Crippen molar-refractivity contribution in [1.82, 2.24) is 9.80 Å². The molecule has 0 aromatic heterocycles. The molecule has 12 heteroatoms. The Labute approximate surface area is 263 Å². The molecule has 0 unspecified atom stereocenters. The van der Waals surface area contributed by atoms with E-state index < -0.39 is 5.97 Å². The number of thiocarbonyl (C=S) groups is 1. The van der Waals surface area contributed by atoms with Gasteiger partial charge in [-0.2, -0.15) is 0 Å². The average Bonchev–Trinajstić information content (AvgIpc) is 3.21. The molecule has 1 heterocycles. The molecule has 0 radical (unpaired) electrons. The monoisotopic (exact) mass is 643 g/mol. The Bertz CT molecular complexity index is 1560. The van der Waals surface area contributed by atoms with E-state index in [4.69, 9.17) is 45.3 Å². The maximum Gasteiger partial charge on any atom is 0.335 e. The number of nitrogens with one attached hydrogen (secondary N) is 1. The number of benzene rings is 3. The van der Waals surface area contributed by atoms with Crippen LogP contribution in [0.2, 0.25) is 10.0 Å². The van der Waals surface area contributed by atoms with E-state index in [2.05, 4.69) is 5.32 Å². The van der Waals surface area contributed by atoms with E-state index >= 15 is 0 Å². The van der Waals surface area contributed by atoms with Gasteiger partial charge in [0.05, 0.1) is 20.5 Å². The molecule has 0 aliphatic carbocycles. The van der Waals surface area contributed by atoms with Gasteiger partial charge in [-0.05, 0) is 79.8 Å². The fraction of sp³-hybridized carbons (Fsp3) is 0.200. The molecule has 2 amide bonds. The highest BCUT2D eigenvalue weighted by atomic mass is 35.5. The SMILES string of the molecule is CN(C)CCOc1ccc(-c2ccc(Cl)c(Cl)c2)cc1/C=C1\SC(=S)N(CCC(=O)Nc2ccc(C(=O)O)cc2)C1=O. The van der Waals surface area contributed by atoms with Gasteiger partial charge in [-0.3, -0.25) is 14.5 Å². The number of nitrogens with zero attached hydrogens (tertiary/aromatic N) is 2. The minimum Gasteiger partial charge on any atom is -0.492 e. The lowest BCUT2D eigenvalue weighted by Gasteiger charge is -2.15. The molecule has 0 atom stereocenters. The van der Waals surface area contributed by atoms with Crippen molar-refractivity contribution < 1.29 is 24.2 Å². The van der Waals surface area contributed by atoms with Crippen LogP contribution in [0.25, 0.3) is 17.2 Å². The van der Waals surface area contributed by atoms with Gasteiger partial charge in [0.15, 0.2) is 0 Å². The molecule has 0 spiro atoms. The van der Waals surface area contributed by atoms with E-state index in [0.29, 0.717) is 49.4 Å². The Morgan fingerprint density at radius 3 is 2.40 bits per heavy atom. The number of carboxylic acids is 1. The van der Waals surface area contributed by atoms with Crippen LogP contribution < -0.4 is 10.1 Å². The Hall–Kier alpha value is -3.41. The van der Waals surface area contributed by atoms with E-state index in [-0.39, 0.29) is 30.3 Å². The molecule has 1 fully saturated rings. The number of ether oxygens (including phenoxy) is 1. The Kier molecular flexibility index (Phi) is 10.6. The van der Waals surface area contributed by atoms with Crippen molar-refractivity contribution in [3.05, 3.63) is 86.7 Å². The zero-order valence-corrected chi connectivity index (χ0v) is 25.9. The highest BCUT2D eigenvalue weighted by Gasteiger charge is 2.32. The van der Waals surface area contributed by atoms with Gasteiger partial charge in [0.25, 0.3) is 5.91 Å². The molecule has 1 aliphatic rings. The third-order valence-corrected chi connectivity index (χ3v) is 8.31. The highest BCUT2D eigenvalue weighted by Crippen LogP contribution is 2.37. The normalized spacial score (nSPS) is 14.1. The number of thioether (sulfide) groups is 1. The molecule has 8 nitrogen and oxygen atoms in total. The first-order chi connectivity index (χ1) is 20.0. The van der Waals surface area contributed by atoms with Crippen molar-refractivity contribution in [3.63, 3.8) is 0 Å². The molecule has 1 aliphatic heterocycles. The molecule has 3 aromatic carbocycles. The number of carbonyl (C=O) groups excluding carboxylic acids is 2. The lowest BCUT2D eigenvalue weighted by molar-refractivity contribution is -0.122. The number of anilines is 1. The van der Waals surface area contributed by atoms with Gasteiger partial charge in [0, 0.05) is 30.8 Å². The first-order valence-electron chi connectivity index (χ1n) is 12.8. The zero-order chi connectivity index (χ0) is 30.4. The summed E-state index contributed by atoms with van der Waals surface area (Å²) in [4.78, 5) is 40.7. The maximum atomic E-state index is 13.3. The van der Waals surface area contributed by atoms with Gasteiger partial charge in [-0.15, -0.1) is 0 Å². The molecule has 218 valence electrons. The Balaban J connectivity index is 1.50. The second-order valence-corrected chi connectivity index (χ2v) is 12.0. The van der Waals surface area contributed by atoms with Crippen LogP contribution in [0.15, 0.2) is 65.6 Å². The number of amides is 2. The third-order valence-electron chi connectivity index (χ3n) is 6.20. The quantitative estimate of drug-likeness (QED) is 0.180. The molecular formula is C30H27Cl2N3O5S2. The van der Waals surface area contributed by atoms with Gasteiger partial charge < -0.3 is 20.1 Å². The number of aromatic carboxylic acids is 1. The van der Waals surface area contributed by atoms with Crippen LogP contribution in [0.4, 0.5) is 5.69 Å². The smallest absolute Gasteiger partial charge is 0.335 e.